The van der Waals surface area contributed by atoms with E-state index in [4.69, 9.17) is 0 Å². The minimum Gasteiger partial charge on any atom is -0.352 e. The first-order valence-electron chi connectivity index (χ1n) is 7.95. The SMILES string of the molecule is C[C@@H]1CCCCN1CCCNC(=O)c1ccc(F)c([N+](=O)[O-])c1. The van der Waals surface area contributed by atoms with Crippen molar-refractivity contribution in [2.75, 3.05) is 19.6 Å². The average Bonchev–Trinajstić information content (AvgIpc) is 2.53. The van der Waals surface area contributed by atoms with E-state index in [-0.39, 0.29) is 5.56 Å². The van der Waals surface area contributed by atoms with Gasteiger partial charge in [0.2, 0.25) is 5.82 Å². The Labute approximate surface area is 134 Å². The number of amides is 1. The number of rotatable bonds is 6. The number of piperidine rings is 1. The molecule has 0 aliphatic carbocycles. The van der Waals surface area contributed by atoms with Gasteiger partial charge in [-0.15, -0.1) is 0 Å². The molecule has 0 bridgehead atoms. The van der Waals surface area contributed by atoms with Crippen LogP contribution in [0.3, 0.4) is 0 Å². The Kier molecular flexibility index (Phi) is 6.04. The van der Waals surface area contributed by atoms with E-state index in [1.54, 1.807) is 0 Å². The summed E-state index contributed by atoms with van der Waals surface area (Å²) >= 11 is 0. The van der Waals surface area contributed by atoms with Crippen molar-refractivity contribution in [3.8, 4) is 0 Å². The van der Waals surface area contributed by atoms with E-state index >= 15 is 0 Å². The molecule has 6 nitrogen and oxygen atoms in total. The predicted octanol–water partition coefficient (Wildman–Crippen LogP) is 2.73. The van der Waals surface area contributed by atoms with E-state index < -0.39 is 22.3 Å². The number of halogens is 1. The number of carbonyl (C=O) groups is 1. The minimum absolute atomic E-state index is 0.101. The summed E-state index contributed by atoms with van der Waals surface area (Å²) in [5.74, 6) is -1.36. The summed E-state index contributed by atoms with van der Waals surface area (Å²) in [6.07, 6.45) is 4.53. The maximum absolute atomic E-state index is 13.3. The van der Waals surface area contributed by atoms with Gasteiger partial charge in [0.1, 0.15) is 0 Å². The van der Waals surface area contributed by atoms with Crippen molar-refractivity contribution in [3.05, 3.63) is 39.7 Å². The lowest BCUT2D eigenvalue weighted by atomic mass is 10.0. The van der Waals surface area contributed by atoms with Crippen LogP contribution in [0, 0.1) is 15.9 Å². The first-order chi connectivity index (χ1) is 11.0. The molecular formula is C16H22FN3O3. The number of nitrogens with zero attached hydrogens (tertiary/aromatic N) is 2. The zero-order valence-corrected chi connectivity index (χ0v) is 13.3. The number of hydrogen-bond donors (Lipinski definition) is 1. The maximum atomic E-state index is 13.3. The number of nitrogens with one attached hydrogen (secondary N) is 1. The fraction of sp³-hybridized carbons (Fsp3) is 0.562. The molecule has 1 aromatic rings. The molecule has 1 aliphatic rings. The van der Waals surface area contributed by atoms with Crippen molar-refractivity contribution in [1.82, 2.24) is 10.2 Å². The van der Waals surface area contributed by atoms with Crippen molar-refractivity contribution < 1.29 is 14.1 Å². The van der Waals surface area contributed by atoms with Crippen molar-refractivity contribution in [2.24, 2.45) is 0 Å². The van der Waals surface area contributed by atoms with E-state index in [0.717, 1.165) is 31.6 Å². The van der Waals surface area contributed by atoms with E-state index in [0.29, 0.717) is 12.6 Å². The fourth-order valence-corrected chi connectivity index (χ4v) is 2.87. The van der Waals surface area contributed by atoms with Crippen LogP contribution in [-0.2, 0) is 0 Å². The third-order valence-electron chi connectivity index (χ3n) is 4.25. The Morgan fingerprint density at radius 3 is 2.96 bits per heavy atom. The van der Waals surface area contributed by atoms with Gasteiger partial charge in [-0.25, -0.2) is 0 Å². The zero-order valence-electron chi connectivity index (χ0n) is 13.3. The number of carbonyl (C=O) groups excluding carboxylic acids is 1. The molecule has 1 heterocycles. The molecule has 7 heteroatoms. The summed E-state index contributed by atoms with van der Waals surface area (Å²) in [6, 6.07) is 3.75. The smallest absolute Gasteiger partial charge is 0.305 e. The lowest BCUT2D eigenvalue weighted by Gasteiger charge is -2.33. The fourth-order valence-electron chi connectivity index (χ4n) is 2.87. The van der Waals surface area contributed by atoms with E-state index in [1.165, 1.54) is 25.3 Å². The number of likely N-dealkylation sites (tertiary alicyclic amines) is 1. The van der Waals surface area contributed by atoms with Crippen LogP contribution in [0.1, 0.15) is 43.0 Å². The van der Waals surface area contributed by atoms with Crippen LogP contribution < -0.4 is 5.32 Å². The minimum atomic E-state index is -0.939. The maximum Gasteiger partial charge on any atom is 0.305 e. The molecule has 0 radical (unpaired) electrons. The Hall–Kier alpha value is -2.02. The van der Waals surface area contributed by atoms with E-state index in [1.807, 2.05) is 0 Å². The molecule has 1 amide bonds. The molecule has 0 unspecified atom stereocenters. The largest absolute Gasteiger partial charge is 0.352 e. The van der Waals surface area contributed by atoms with E-state index in [9.17, 15) is 19.3 Å². The normalized spacial score (nSPS) is 18.6. The molecule has 126 valence electrons. The zero-order chi connectivity index (χ0) is 16.8. The molecule has 1 saturated heterocycles. The Balaban J connectivity index is 1.81. The standard InChI is InChI=1S/C16H22FN3O3/c1-12-5-2-3-9-19(12)10-4-8-18-16(21)13-6-7-14(17)15(11-13)20(22)23/h6-7,11-12H,2-5,8-10H2,1H3,(H,18,21)/t12-/m1/s1. The first-order valence-corrected chi connectivity index (χ1v) is 7.95. The second-order valence-electron chi connectivity index (χ2n) is 5.91. The molecule has 1 fully saturated rings. The van der Waals surface area contributed by atoms with Crippen molar-refractivity contribution in [1.29, 1.82) is 0 Å². The lowest BCUT2D eigenvalue weighted by Crippen LogP contribution is -2.39. The van der Waals surface area contributed by atoms with Crippen LogP contribution in [0.2, 0.25) is 0 Å². The van der Waals surface area contributed by atoms with E-state index in [2.05, 4.69) is 17.1 Å². The molecule has 1 N–H and O–H groups in total. The molecule has 2 rings (SSSR count). The molecule has 0 aromatic heterocycles. The number of nitro benzene ring substituents is 1. The molecule has 0 saturated carbocycles. The summed E-state index contributed by atoms with van der Waals surface area (Å²) in [4.78, 5) is 24.3. The van der Waals surface area contributed by atoms with Crippen LogP contribution in [0.25, 0.3) is 0 Å². The Morgan fingerprint density at radius 1 is 1.48 bits per heavy atom. The Morgan fingerprint density at radius 2 is 2.26 bits per heavy atom. The highest BCUT2D eigenvalue weighted by Gasteiger charge is 2.19. The van der Waals surface area contributed by atoms with Crippen molar-refractivity contribution >= 4 is 11.6 Å². The highest BCUT2D eigenvalue weighted by Crippen LogP contribution is 2.18. The van der Waals surface area contributed by atoms with Crippen LogP contribution in [0.15, 0.2) is 18.2 Å². The summed E-state index contributed by atoms with van der Waals surface area (Å²) in [6.45, 7) is 4.73. The molecule has 1 aromatic carbocycles. The third-order valence-corrected chi connectivity index (χ3v) is 4.25. The van der Waals surface area contributed by atoms with Gasteiger partial charge in [-0.2, -0.15) is 4.39 Å². The Bertz CT molecular complexity index is 580. The third kappa shape index (κ3) is 4.72. The van der Waals surface area contributed by atoms with Crippen LogP contribution in [0.4, 0.5) is 10.1 Å². The van der Waals surface area contributed by atoms with Crippen molar-refractivity contribution in [3.63, 3.8) is 0 Å². The highest BCUT2D eigenvalue weighted by molar-refractivity contribution is 5.94. The summed E-state index contributed by atoms with van der Waals surface area (Å²) in [7, 11) is 0. The summed E-state index contributed by atoms with van der Waals surface area (Å²) in [5.41, 5.74) is -0.579. The number of benzene rings is 1. The van der Waals surface area contributed by atoms with Crippen molar-refractivity contribution in [2.45, 2.75) is 38.6 Å². The lowest BCUT2D eigenvalue weighted by molar-refractivity contribution is -0.387. The number of hydrogen-bond acceptors (Lipinski definition) is 4. The van der Waals surface area contributed by atoms with Gasteiger partial charge < -0.3 is 10.2 Å². The van der Waals surface area contributed by atoms with Crippen LogP contribution >= 0.6 is 0 Å². The molecule has 1 aliphatic heterocycles. The monoisotopic (exact) mass is 323 g/mol. The molecular weight excluding hydrogens is 301 g/mol. The van der Waals surface area contributed by atoms with Gasteiger partial charge in [-0.3, -0.25) is 14.9 Å². The summed E-state index contributed by atoms with van der Waals surface area (Å²) < 4.78 is 13.3. The van der Waals surface area contributed by atoms with Gasteiger partial charge in [0, 0.05) is 30.8 Å². The van der Waals surface area contributed by atoms with Crippen LogP contribution in [0.5, 0.6) is 0 Å². The van der Waals surface area contributed by atoms with Gasteiger partial charge in [0.25, 0.3) is 5.91 Å². The predicted molar refractivity (Wildman–Crippen MR) is 84.9 cm³/mol. The topological polar surface area (TPSA) is 75.5 Å². The second-order valence-corrected chi connectivity index (χ2v) is 5.91. The summed E-state index contributed by atoms with van der Waals surface area (Å²) in [5, 5.41) is 13.4. The quantitative estimate of drug-likeness (QED) is 0.496. The molecule has 1 atom stereocenters. The van der Waals surface area contributed by atoms with Crippen LogP contribution in [-0.4, -0.2) is 41.4 Å². The van der Waals surface area contributed by atoms with Gasteiger partial charge in [0.15, 0.2) is 0 Å². The average molecular weight is 323 g/mol. The first kappa shape index (κ1) is 17.3. The second kappa shape index (κ2) is 8.01. The molecule has 0 spiro atoms. The van der Waals surface area contributed by atoms with Gasteiger partial charge in [-0.1, -0.05) is 6.42 Å². The van der Waals surface area contributed by atoms with Gasteiger partial charge in [-0.05, 0) is 44.9 Å². The van der Waals surface area contributed by atoms with Gasteiger partial charge >= 0.3 is 5.69 Å². The number of nitro groups is 1. The highest BCUT2D eigenvalue weighted by atomic mass is 19.1. The van der Waals surface area contributed by atoms with Gasteiger partial charge in [0.05, 0.1) is 4.92 Å². The molecule has 23 heavy (non-hydrogen) atoms.